The highest BCUT2D eigenvalue weighted by Gasteiger charge is 2.30. The molecule has 0 aliphatic heterocycles. The molecule has 0 heterocycles. The highest BCUT2D eigenvalue weighted by molar-refractivity contribution is 5.69. The quantitative estimate of drug-likeness (QED) is 0.732. The predicted octanol–water partition coefficient (Wildman–Crippen LogP) is 2.38. The fourth-order valence-corrected chi connectivity index (χ4v) is 2.07. The molecule has 3 nitrogen and oxygen atoms in total. The van der Waals surface area contributed by atoms with Crippen LogP contribution in [0.2, 0.25) is 0 Å². The van der Waals surface area contributed by atoms with Crippen molar-refractivity contribution in [2.75, 3.05) is 0 Å². The highest BCUT2D eigenvalue weighted by Crippen LogP contribution is 2.31. The molecule has 0 saturated heterocycles. The van der Waals surface area contributed by atoms with Gasteiger partial charge in [-0.3, -0.25) is 4.79 Å². The van der Waals surface area contributed by atoms with Crippen LogP contribution in [0.15, 0.2) is 0 Å². The Kier molecular flexibility index (Phi) is 3.77. The first kappa shape index (κ1) is 12.5. The Morgan fingerprint density at radius 3 is 2.33 bits per heavy atom. The van der Waals surface area contributed by atoms with Crippen LogP contribution in [0.5, 0.6) is 0 Å². The minimum Gasteiger partial charge on any atom is -0.460 e. The molecular weight excluding hydrogens is 190 g/mol. The maximum atomic E-state index is 11.5. The van der Waals surface area contributed by atoms with Crippen LogP contribution in [-0.2, 0) is 9.53 Å². The molecule has 0 atom stereocenters. The van der Waals surface area contributed by atoms with E-state index in [4.69, 9.17) is 10.5 Å². The molecule has 1 rings (SSSR count). The van der Waals surface area contributed by atoms with Gasteiger partial charge in [0.15, 0.2) is 0 Å². The minimum atomic E-state index is -0.380. The summed E-state index contributed by atoms with van der Waals surface area (Å²) in [5.41, 5.74) is 5.68. The molecule has 88 valence electrons. The van der Waals surface area contributed by atoms with Crippen LogP contribution < -0.4 is 5.73 Å². The van der Waals surface area contributed by atoms with Gasteiger partial charge in [-0.05, 0) is 40.0 Å². The fourth-order valence-electron chi connectivity index (χ4n) is 2.07. The third kappa shape index (κ3) is 4.65. The van der Waals surface area contributed by atoms with Crippen LogP contribution in [0.3, 0.4) is 0 Å². The van der Waals surface area contributed by atoms with Gasteiger partial charge in [-0.25, -0.2) is 0 Å². The molecule has 0 unspecified atom stereocenters. The van der Waals surface area contributed by atoms with Crippen molar-refractivity contribution in [3.8, 4) is 0 Å². The third-order valence-corrected chi connectivity index (χ3v) is 2.85. The van der Waals surface area contributed by atoms with Crippen molar-refractivity contribution in [1.82, 2.24) is 0 Å². The zero-order valence-electron chi connectivity index (χ0n) is 10.1. The van der Waals surface area contributed by atoms with Crippen molar-refractivity contribution >= 4 is 5.97 Å². The number of ether oxygens (including phenoxy) is 1. The van der Waals surface area contributed by atoms with Crippen LogP contribution in [0, 0.1) is 0 Å². The molecule has 2 N–H and O–H groups in total. The summed E-state index contributed by atoms with van der Waals surface area (Å²) in [5, 5.41) is 0. The first-order valence-electron chi connectivity index (χ1n) is 5.82. The number of hydrogen-bond donors (Lipinski definition) is 1. The van der Waals surface area contributed by atoms with Gasteiger partial charge in [0.25, 0.3) is 0 Å². The molecule has 15 heavy (non-hydrogen) atoms. The van der Waals surface area contributed by atoms with Crippen molar-refractivity contribution in [2.24, 2.45) is 5.73 Å². The van der Waals surface area contributed by atoms with Crippen molar-refractivity contribution in [1.29, 1.82) is 0 Å². The van der Waals surface area contributed by atoms with Crippen LogP contribution in [-0.4, -0.2) is 17.1 Å². The number of rotatable bonds is 3. The first-order valence-corrected chi connectivity index (χ1v) is 5.82. The van der Waals surface area contributed by atoms with Crippen molar-refractivity contribution in [3.63, 3.8) is 0 Å². The summed E-state index contributed by atoms with van der Waals surface area (Å²) in [7, 11) is 0. The fraction of sp³-hybridized carbons (Fsp3) is 0.917. The molecule has 0 radical (unpaired) electrons. The number of carbonyl (C=O) groups excluding carboxylic acids is 1. The SMILES string of the molecule is CC(C)(C)OC(=O)CCC1(N)CCCC1. The Hall–Kier alpha value is -0.570. The predicted molar refractivity (Wildman–Crippen MR) is 60.5 cm³/mol. The molecule has 3 heteroatoms. The lowest BCUT2D eigenvalue weighted by atomic mass is 9.93. The Bertz CT molecular complexity index is 224. The summed E-state index contributed by atoms with van der Waals surface area (Å²) in [4.78, 5) is 11.5. The number of carbonyl (C=O) groups is 1. The van der Waals surface area contributed by atoms with Crippen molar-refractivity contribution < 1.29 is 9.53 Å². The van der Waals surface area contributed by atoms with E-state index in [-0.39, 0.29) is 17.1 Å². The lowest BCUT2D eigenvalue weighted by Crippen LogP contribution is -2.37. The van der Waals surface area contributed by atoms with Crippen LogP contribution in [0.25, 0.3) is 0 Å². The van der Waals surface area contributed by atoms with Gasteiger partial charge in [0, 0.05) is 12.0 Å². The standard InChI is InChI=1S/C12H23NO2/c1-11(2,3)15-10(14)6-9-12(13)7-4-5-8-12/h4-9,13H2,1-3H3. The lowest BCUT2D eigenvalue weighted by Gasteiger charge is -2.24. The van der Waals surface area contributed by atoms with E-state index < -0.39 is 0 Å². The third-order valence-electron chi connectivity index (χ3n) is 2.85. The monoisotopic (exact) mass is 213 g/mol. The Balaban J connectivity index is 2.28. The van der Waals surface area contributed by atoms with E-state index in [1.807, 2.05) is 20.8 Å². The van der Waals surface area contributed by atoms with Crippen molar-refractivity contribution in [3.05, 3.63) is 0 Å². The van der Waals surface area contributed by atoms with Crippen LogP contribution in [0.1, 0.15) is 59.3 Å². The van der Waals surface area contributed by atoms with Gasteiger partial charge in [-0.1, -0.05) is 12.8 Å². The van der Waals surface area contributed by atoms with Gasteiger partial charge in [-0.15, -0.1) is 0 Å². The van der Waals surface area contributed by atoms with E-state index in [0.29, 0.717) is 6.42 Å². The summed E-state index contributed by atoms with van der Waals surface area (Å²) >= 11 is 0. The zero-order valence-corrected chi connectivity index (χ0v) is 10.1. The van der Waals surface area contributed by atoms with E-state index in [1.54, 1.807) is 0 Å². The molecule has 0 aromatic heterocycles. The summed E-state index contributed by atoms with van der Waals surface area (Å²) in [6.07, 6.45) is 5.72. The smallest absolute Gasteiger partial charge is 0.306 e. The van der Waals surface area contributed by atoms with Gasteiger partial charge < -0.3 is 10.5 Å². The Labute approximate surface area is 92.4 Å². The molecule has 1 saturated carbocycles. The maximum absolute atomic E-state index is 11.5. The van der Waals surface area contributed by atoms with E-state index in [2.05, 4.69) is 0 Å². The molecule has 1 aliphatic rings. The molecule has 0 amide bonds. The summed E-state index contributed by atoms with van der Waals surface area (Å²) in [6, 6.07) is 0. The van der Waals surface area contributed by atoms with Crippen LogP contribution >= 0.6 is 0 Å². The normalized spacial score (nSPS) is 20.3. The average molecular weight is 213 g/mol. The maximum Gasteiger partial charge on any atom is 0.306 e. The molecule has 0 aromatic rings. The summed E-state index contributed by atoms with van der Waals surface area (Å²) in [6.45, 7) is 5.66. The molecule has 1 aliphatic carbocycles. The van der Waals surface area contributed by atoms with Gasteiger partial charge in [-0.2, -0.15) is 0 Å². The van der Waals surface area contributed by atoms with Gasteiger partial charge >= 0.3 is 5.97 Å². The number of nitrogens with two attached hydrogens (primary N) is 1. The summed E-state index contributed by atoms with van der Waals surface area (Å²) < 4.78 is 5.25. The Morgan fingerprint density at radius 1 is 1.33 bits per heavy atom. The Morgan fingerprint density at radius 2 is 1.87 bits per heavy atom. The number of hydrogen-bond acceptors (Lipinski definition) is 3. The van der Waals surface area contributed by atoms with E-state index in [0.717, 1.165) is 19.3 Å². The van der Waals surface area contributed by atoms with Gasteiger partial charge in [0.1, 0.15) is 5.60 Å². The zero-order chi connectivity index (χ0) is 11.5. The van der Waals surface area contributed by atoms with Gasteiger partial charge in [0.05, 0.1) is 0 Å². The van der Waals surface area contributed by atoms with E-state index >= 15 is 0 Å². The topological polar surface area (TPSA) is 52.3 Å². The average Bonchev–Trinajstić information content (AvgIpc) is 2.47. The number of esters is 1. The lowest BCUT2D eigenvalue weighted by molar-refractivity contribution is -0.155. The molecule has 0 spiro atoms. The van der Waals surface area contributed by atoms with E-state index in [1.165, 1.54) is 12.8 Å². The van der Waals surface area contributed by atoms with Crippen molar-refractivity contribution in [2.45, 2.75) is 70.4 Å². The largest absolute Gasteiger partial charge is 0.460 e. The second kappa shape index (κ2) is 4.52. The first-order chi connectivity index (χ1) is 6.81. The molecule has 0 bridgehead atoms. The van der Waals surface area contributed by atoms with Crippen LogP contribution in [0.4, 0.5) is 0 Å². The second-order valence-corrected chi connectivity index (χ2v) is 5.66. The highest BCUT2D eigenvalue weighted by atomic mass is 16.6. The summed E-state index contributed by atoms with van der Waals surface area (Å²) in [5.74, 6) is -0.126. The minimum absolute atomic E-state index is 0.100. The molecule has 0 aromatic carbocycles. The molecule has 1 fully saturated rings. The van der Waals surface area contributed by atoms with Gasteiger partial charge in [0.2, 0.25) is 0 Å². The molecular formula is C12H23NO2. The second-order valence-electron chi connectivity index (χ2n) is 5.66. The van der Waals surface area contributed by atoms with E-state index in [9.17, 15) is 4.79 Å².